The van der Waals surface area contributed by atoms with Crippen molar-refractivity contribution in [3.63, 3.8) is 0 Å². The van der Waals surface area contributed by atoms with Crippen LogP contribution in [0.2, 0.25) is 4.82 Å². The molecule has 3 heteroatoms. The van der Waals surface area contributed by atoms with Crippen LogP contribution < -0.4 is 4.46 Å². The molecule has 0 radical (unpaired) electrons. The van der Waals surface area contributed by atoms with E-state index in [0.29, 0.717) is 25.9 Å². The topological polar surface area (TPSA) is 29.5 Å². The Morgan fingerprint density at radius 1 is 1.33 bits per heavy atom. The van der Waals surface area contributed by atoms with E-state index in [4.69, 9.17) is 4.74 Å². The molecular weight excluding hydrogens is 291 g/mol. The van der Waals surface area contributed by atoms with Gasteiger partial charge in [-0.05, 0) is 0 Å². The molecule has 2 rings (SSSR count). The molecule has 100 valence electrons. The molecule has 0 bridgehead atoms. The van der Waals surface area contributed by atoms with Crippen LogP contribution in [0.15, 0.2) is 30.3 Å². The number of aliphatic hydroxyl groups is 1. The summed E-state index contributed by atoms with van der Waals surface area (Å²) in [5.74, 6) is 0. The number of hydrogen-bond acceptors (Lipinski definition) is 2. The third-order valence-electron chi connectivity index (χ3n) is 3.35. The van der Waals surface area contributed by atoms with Gasteiger partial charge in [0.25, 0.3) is 0 Å². The first-order valence-corrected chi connectivity index (χ1v) is 8.66. The molecular formula is C15H22O2Se. The second-order valence-corrected chi connectivity index (χ2v) is 7.58. The molecule has 1 aliphatic heterocycles. The van der Waals surface area contributed by atoms with Crippen molar-refractivity contribution < 1.29 is 9.84 Å². The number of hydrogen-bond donors (Lipinski definition) is 1. The summed E-state index contributed by atoms with van der Waals surface area (Å²) in [7, 11) is 0. The van der Waals surface area contributed by atoms with Crippen LogP contribution in [-0.2, 0) is 4.74 Å². The van der Waals surface area contributed by atoms with Crippen LogP contribution in [0.4, 0.5) is 0 Å². The zero-order chi connectivity index (χ0) is 12.8. The zero-order valence-corrected chi connectivity index (χ0v) is 12.6. The van der Waals surface area contributed by atoms with Crippen LogP contribution in [-0.4, -0.2) is 38.9 Å². The van der Waals surface area contributed by atoms with E-state index in [2.05, 4.69) is 37.3 Å². The fraction of sp³-hybridized carbons (Fsp3) is 0.600. The van der Waals surface area contributed by atoms with Crippen molar-refractivity contribution in [2.24, 2.45) is 0 Å². The summed E-state index contributed by atoms with van der Waals surface area (Å²) in [5, 5.41) is 9.28. The number of ether oxygens (including phenoxy) is 1. The molecule has 1 aliphatic rings. The third kappa shape index (κ3) is 3.83. The molecule has 0 amide bonds. The van der Waals surface area contributed by atoms with Crippen molar-refractivity contribution in [2.75, 3.05) is 6.61 Å². The quantitative estimate of drug-likeness (QED) is 0.816. The van der Waals surface area contributed by atoms with Crippen molar-refractivity contribution in [2.45, 2.75) is 49.6 Å². The Morgan fingerprint density at radius 2 is 2.11 bits per heavy atom. The first-order chi connectivity index (χ1) is 8.83. The minimum absolute atomic E-state index is 0.0717. The van der Waals surface area contributed by atoms with E-state index in [1.807, 2.05) is 0 Å². The molecule has 1 aromatic rings. The van der Waals surface area contributed by atoms with E-state index in [1.54, 1.807) is 0 Å². The van der Waals surface area contributed by atoms with E-state index in [9.17, 15) is 5.11 Å². The molecule has 0 aliphatic carbocycles. The number of aliphatic hydroxyl groups excluding tert-OH is 1. The summed E-state index contributed by atoms with van der Waals surface area (Å²) < 4.78 is 7.41. The predicted octanol–water partition coefficient (Wildman–Crippen LogP) is 2.14. The summed E-state index contributed by atoms with van der Waals surface area (Å²) in [4.78, 5) is 0.628. The molecule has 0 saturated carbocycles. The Morgan fingerprint density at radius 3 is 2.78 bits per heavy atom. The second kappa shape index (κ2) is 7.30. The van der Waals surface area contributed by atoms with Gasteiger partial charge in [0.05, 0.1) is 0 Å². The SMILES string of the molecule is CCCC[C@@H]1O[C@H](CO)C[C@@H]1[Se]c1ccccc1. The van der Waals surface area contributed by atoms with Crippen molar-refractivity contribution >= 4 is 19.4 Å². The Hall–Kier alpha value is -0.341. The van der Waals surface area contributed by atoms with Crippen LogP contribution in [0.1, 0.15) is 32.6 Å². The molecule has 18 heavy (non-hydrogen) atoms. The average Bonchev–Trinajstić information content (AvgIpc) is 2.80. The van der Waals surface area contributed by atoms with Crippen LogP contribution in [0.5, 0.6) is 0 Å². The third-order valence-corrected chi connectivity index (χ3v) is 6.17. The van der Waals surface area contributed by atoms with Gasteiger partial charge in [-0.2, -0.15) is 0 Å². The van der Waals surface area contributed by atoms with E-state index >= 15 is 0 Å². The molecule has 0 spiro atoms. The molecule has 1 saturated heterocycles. The molecule has 2 nitrogen and oxygen atoms in total. The zero-order valence-electron chi connectivity index (χ0n) is 10.9. The fourth-order valence-corrected chi connectivity index (χ4v) is 5.16. The summed E-state index contributed by atoms with van der Waals surface area (Å²) in [6.07, 6.45) is 5.05. The fourth-order valence-electron chi connectivity index (χ4n) is 2.38. The normalized spacial score (nSPS) is 27.6. The van der Waals surface area contributed by atoms with Gasteiger partial charge >= 0.3 is 116 Å². The van der Waals surface area contributed by atoms with Crippen LogP contribution in [0.25, 0.3) is 0 Å². The monoisotopic (exact) mass is 314 g/mol. The van der Waals surface area contributed by atoms with Gasteiger partial charge in [-0.25, -0.2) is 0 Å². The molecule has 1 N–H and O–H groups in total. The van der Waals surface area contributed by atoms with E-state index in [1.165, 1.54) is 17.3 Å². The molecule has 0 aromatic heterocycles. The van der Waals surface area contributed by atoms with E-state index in [-0.39, 0.29) is 12.7 Å². The summed E-state index contributed by atoms with van der Waals surface area (Å²) in [6.45, 7) is 2.39. The summed E-state index contributed by atoms with van der Waals surface area (Å²) >= 11 is 0.462. The number of rotatable bonds is 6. The Labute approximate surface area is 116 Å². The van der Waals surface area contributed by atoms with Crippen LogP contribution >= 0.6 is 0 Å². The minimum atomic E-state index is 0.0717. The molecule has 1 aromatic carbocycles. The van der Waals surface area contributed by atoms with Gasteiger partial charge in [-0.3, -0.25) is 0 Å². The maximum absolute atomic E-state index is 9.28. The van der Waals surface area contributed by atoms with Gasteiger partial charge in [0.15, 0.2) is 0 Å². The number of unbranched alkanes of at least 4 members (excludes halogenated alkanes) is 1. The molecule has 1 fully saturated rings. The molecule has 3 atom stereocenters. The van der Waals surface area contributed by atoms with Gasteiger partial charge in [0.1, 0.15) is 0 Å². The summed E-state index contributed by atoms with van der Waals surface area (Å²) in [6, 6.07) is 10.7. The van der Waals surface area contributed by atoms with Crippen molar-refractivity contribution in [3.05, 3.63) is 30.3 Å². The van der Waals surface area contributed by atoms with E-state index < -0.39 is 0 Å². The Kier molecular flexibility index (Phi) is 5.71. The van der Waals surface area contributed by atoms with Gasteiger partial charge < -0.3 is 0 Å². The van der Waals surface area contributed by atoms with Crippen molar-refractivity contribution in [1.82, 2.24) is 0 Å². The summed E-state index contributed by atoms with van der Waals surface area (Å²) in [5.41, 5.74) is 0. The van der Waals surface area contributed by atoms with Crippen molar-refractivity contribution in [1.29, 1.82) is 0 Å². The van der Waals surface area contributed by atoms with Gasteiger partial charge in [0, 0.05) is 0 Å². The molecule has 0 unspecified atom stereocenters. The van der Waals surface area contributed by atoms with Crippen LogP contribution in [0.3, 0.4) is 0 Å². The van der Waals surface area contributed by atoms with Crippen LogP contribution in [0, 0.1) is 0 Å². The Balaban J connectivity index is 1.95. The average molecular weight is 313 g/mol. The standard InChI is InChI=1S/C15H22O2Se/c1-2-3-9-14-15(10-12(11-16)17-14)18-13-7-5-4-6-8-13/h4-8,12,14-16H,2-3,9-11H2,1H3/t12-,14-,15-/m0/s1. The van der Waals surface area contributed by atoms with Gasteiger partial charge in [-0.1, -0.05) is 0 Å². The van der Waals surface area contributed by atoms with E-state index in [0.717, 1.165) is 12.8 Å². The maximum atomic E-state index is 9.28. The first-order valence-electron chi connectivity index (χ1n) is 6.81. The first kappa shape index (κ1) is 14.1. The van der Waals surface area contributed by atoms with Crippen molar-refractivity contribution in [3.8, 4) is 0 Å². The van der Waals surface area contributed by atoms with Gasteiger partial charge in [-0.15, -0.1) is 0 Å². The molecule has 1 heterocycles. The Bertz CT molecular complexity index is 342. The van der Waals surface area contributed by atoms with Gasteiger partial charge in [0.2, 0.25) is 0 Å². The number of benzene rings is 1. The predicted molar refractivity (Wildman–Crippen MR) is 75.5 cm³/mol. The second-order valence-electron chi connectivity index (χ2n) is 4.83.